The molecule has 3 heteroatoms. The van der Waals surface area contributed by atoms with Gasteiger partial charge in [0.2, 0.25) is 5.91 Å². The third-order valence-corrected chi connectivity index (χ3v) is 3.84. The van der Waals surface area contributed by atoms with Gasteiger partial charge in [-0.15, -0.1) is 0 Å². The first-order valence-electron chi connectivity index (χ1n) is 4.88. The molecule has 0 saturated carbocycles. The van der Waals surface area contributed by atoms with Gasteiger partial charge in [0, 0.05) is 11.5 Å². The predicted molar refractivity (Wildman–Crippen MR) is 53.2 cm³/mol. The lowest BCUT2D eigenvalue weighted by molar-refractivity contribution is -0.128. The van der Waals surface area contributed by atoms with E-state index in [2.05, 4.69) is 32.7 Å². The number of hydrogen-bond donors (Lipinski definition) is 1. The van der Waals surface area contributed by atoms with Crippen molar-refractivity contribution in [1.82, 2.24) is 4.90 Å². The quantitative estimate of drug-likeness (QED) is 0.656. The second-order valence-corrected chi connectivity index (χ2v) is 4.66. The highest BCUT2D eigenvalue weighted by molar-refractivity contribution is 5.77. The van der Waals surface area contributed by atoms with E-state index >= 15 is 0 Å². The Morgan fingerprint density at radius 3 is 2.54 bits per heavy atom. The molecule has 2 unspecified atom stereocenters. The number of carbonyl (C=O) groups excluding carboxylic acids is 1. The molecule has 1 saturated heterocycles. The van der Waals surface area contributed by atoms with Crippen LogP contribution in [0.25, 0.3) is 0 Å². The molecule has 1 aliphatic rings. The smallest absolute Gasteiger partial charge is 0.220 e. The van der Waals surface area contributed by atoms with Gasteiger partial charge in [-0.05, 0) is 39.8 Å². The Bertz CT molecular complexity index is 213. The van der Waals surface area contributed by atoms with Crippen LogP contribution in [-0.2, 0) is 4.79 Å². The molecule has 13 heavy (non-hydrogen) atoms. The number of hydrogen-bond acceptors (Lipinski definition) is 2. The molecular weight excluding hydrogens is 164 g/mol. The van der Waals surface area contributed by atoms with Gasteiger partial charge in [0.25, 0.3) is 0 Å². The first-order valence-corrected chi connectivity index (χ1v) is 4.88. The monoisotopic (exact) mass is 184 g/mol. The molecule has 0 radical (unpaired) electrons. The van der Waals surface area contributed by atoms with Crippen molar-refractivity contribution in [2.75, 3.05) is 13.6 Å². The molecule has 1 fully saturated rings. The first kappa shape index (κ1) is 10.5. The standard InChI is InChI=1S/C10H20N2O/c1-7-8(9(11)13)5-6-12(4)10(7,2)3/h7-8H,5-6H2,1-4H3,(H2,11,13). The van der Waals surface area contributed by atoms with E-state index in [4.69, 9.17) is 5.73 Å². The van der Waals surface area contributed by atoms with Crippen LogP contribution in [0.3, 0.4) is 0 Å². The van der Waals surface area contributed by atoms with Gasteiger partial charge >= 0.3 is 0 Å². The number of nitrogens with two attached hydrogens (primary N) is 1. The molecule has 2 N–H and O–H groups in total. The minimum absolute atomic E-state index is 0.0474. The topological polar surface area (TPSA) is 46.3 Å². The molecule has 0 bridgehead atoms. The van der Waals surface area contributed by atoms with Crippen LogP contribution in [0.4, 0.5) is 0 Å². The van der Waals surface area contributed by atoms with E-state index in [1.54, 1.807) is 0 Å². The minimum Gasteiger partial charge on any atom is -0.369 e. The molecule has 1 amide bonds. The predicted octanol–water partition coefficient (Wildman–Crippen LogP) is 0.838. The maximum Gasteiger partial charge on any atom is 0.220 e. The number of piperidine rings is 1. The third kappa shape index (κ3) is 1.70. The molecule has 1 heterocycles. The highest BCUT2D eigenvalue weighted by Crippen LogP contribution is 2.35. The number of primary amides is 1. The van der Waals surface area contributed by atoms with Crippen molar-refractivity contribution in [3.05, 3.63) is 0 Å². The summed E-state index contributed by atoms with van der Waals surface area (Å²) in [7, 11) is 2.10. The summed E-state index contributed by atoms with van der Waals surface area (Å²) in [6.07, 6.45) is 0.899. The Hall–Kier alpha value is -0.570. The van der Waals surface area contributed by atoms with Crippen LogP contribution in [0.2, 0.25) is 0 Å². The van der Waals surface area contributed by atoms with Crippen LogP contribution < -0.4 is 5.73 Å². The van der Waals surface area contributed by atoms with E-state index in [0.717, 1.165) is 13.0 Å². The highest BCUT2D eigenvalue weighted by atomic mass is 16.1. The van der Waals surface area contributed by atoms with Crippen LogP contribution in [0.5, 0.6) is 0 Å². The molecule has 0 aromatic heterocycles. The van der Waals surface area contributed by atoms with Gasteiger partial charge in [-0.3, -0.25) is 4.79 Å². The average molecular weight is 184 g/mol. The fraction of sp³-hybridized carbons (Fsp3) is 0.900. The summed E-state index contributed by atoms with van der Waals surface area (Å²) in [4.78, 5) is 13.5. The van der Waals surface area contributed by atoms with Gasteiger partial charge < -0.3 is 10.6 Å². The Morgan fingerprint density at radius 2 is 2.08 bits per heavy atom. The van der Waals surface area contributed by atoms with E-state index in [-0.39, 0.29) is 17.4 Å². The largest absolute Gasteiger partial charge is 0.369 e. The van der Waals surface area contributed by atoms with Gasteiger partial charge in [-0.2, -0.15) is 0 Å². The Kier molecular flexibility index (Phi) is 2.66. The molecule has 0 aromatic carbocycles. The van der Waals surface area contributed by atoms with Crippen molar-refractivity contribution >= 4 is 5.91 Å². The molecular formula is C10H20N2O. The molecule has 2 atom stereocenters. The number of nitrogens with zero attached hydrogens (tertiary/aromatic N) is 1. The fourth-order valence-corrected chi connectivity index (χ4v) is 2.10. The fourth-order valence-electron chi connectivity index (χ4n) is 2.10. The normalized spacial score (nSPS) is 34.5. The summed E-state index contributed by atoms with van der Waals surface area (Å²) in [6, 6.07) is 0. The Morgan fingerprint density at radius 1 is 1.54 bits per heavy atom. The van der Waals surface area contributed by atoms with Crippen molar-refractivity contribution in [2.24, 2.45) is 17.6 Å². The van der Waals surface area contributed by atoms with E-state index in [1.165, 1.54) is 0 Å². The molecule has 0 aromatic rings. The van der Waals surface area contributed by atoms with Gasteiger partial charge in [0.15, 0.2) is 0 Å². The summed E-state index contributed by atoms with van der Waals surface area (Å²) >= 11 is 0. The summed E-state index contributed by atoms with van der Waals surface area (Å²) in [5, 5.41) is 0. The lowest BCUT2D eigenvalue weighted by Gasteiger charge is -2.48. The maximum absolute atomic E-state index is 11.2. The van der Waals surface area contributed by atoms with Crippen molar-refractivity contribution in [1.29, 1.82) is 0 Å². The lowest BCUT2D eigenvalue weighted by Crippen LogP contribution is -2.55. The summed E-state index contributed by atoms with van der Waals surface area (Å²) in [6.45, 7) is 7.43. The van der Waals surface area contributed by atoms with E-state index in [9.17, 15) is 4.79 Å². The third-order valence-electron chi connectivity index (χ3n) is 3.84. The lowest BCUT2D eigenvalue weighted by atomic mass is 9.73. The average Bonchev–Trinajstić information content (AvgIpc) is 2.01. The molecule has 0 aliphatic carbocycles. The van der Waals surface area contributed by atoms with Crippen molar-refractivity contribution in [3.63, 3.8) is 0 Å². The zero-order valence-corrected chi connectivity index (χ0v) is 9.00. The van der Waals surface area contributed by atoms with E-state index in [0.29, 0.717) is 5.92 Å². The summed E-state index contributed by atoms with van der Waals surface area (Å²) < 4.78 is 0. The van der Waals surface area contributed by atoms with Gasteiger partial charge in [-0.1, -0.05) is 6.92 Å². The van der Waals surface area contributed by atoms with Gasteiger partial charge in [0.1, 0.15) is 0 Å². The number of amides is 1. The Balaban J connectivity index is 2.82. The maximum atomic E-state index is 11.2. The highest BCUT2D eigenvalue weighted by Gasteiger charge is 2.41. The zero-order valence-electron chi connectivity index (χ0n) is 9.00. The Labute approximate surface area is 80.3 Å². The number of likely N-dealkylation sites (tertiary alicyclic amines) is 1. The van der Waals surface area contributed by atoms with E-state index in [1.807, 2.05) is 0 Å². The van der Waals surface area contributed by atoms with Gasteiger partial charge in [0.05, 0.1) is 0 Å². The van der Waals surface area contributed by atoms with Crippen molar-refractivity contribution < 1.29 is 4.79 Å². The van der Waals surface area contributed by atoms with Crippen LogP contribution in [0.1, 0.15) is 27.2 Å². The van der Waals surface area contributed by atoms with Crippen LogP contribution in [-0.4, -0.2) is 29.9 Å². The molecule has 1 aliphatic heterocycles. The van der Waals surface area contributed by atoms with Crippen LogP contribution >= 0.6 is 0 Å². The van der Waals surface area contributed by atoms with Crippen LogP contribution in [0.15, 0.2) is 0 Å². The second kappa shape index (κ2) is 3.29. The number of carbonyl (C=O) groups is 1. The summed E-state index contributed by atoms with van der Waals surface area (Å²) in [5.74, 6) is 0.239. The minimum atomic E-state index is -0.145. The number of rotatable bonds is 1. The van der Waals surface area contributed by atoms with E-state index < -0.39 is 0 Å². The van der Waals surface area contributed by atoms with Crippen molar-refractivity contribution in [3.8, 4) is 0 Å². The van der Waals surface area contributed by atoms with Gasteiger partial charge in [-0.25, -0.2) is 0 Å². The first-order chi connectivity index (χ1) is 5.87. The zero-order chi connectivity index (χ0) is 10.2. The van der Waals surface area contributed by atoms with Crippen molar-refractivity contribution in [2.45, 2.75) is 32.7 Å². The molecule has 3 nitrogen and oxygen atoms in total. The molecule has 0 spiro atoms. The van der Waals surface area contributed by atoms with Crippen LogP contribution in [0, 0.1) is 11.8 Å². The molecule has 76 valence electrons. The summed E-state index contributed by atoms with van der Waals surface area (Å²) in [5.41, 5.74) is 5.45. The SMILES string of the molecule is CC1C(C(N)=O)CCN(C)C1(C)C. The molecule has 1 rings (SSSR count). The second-order valence-electron chi connectivity index (χ2n) is 4.66.